The molecule has 0 atom stereocenters. The Morgan fingerprint density at radius 1 is 1.20 bits per heavy atom. The highest BCUT2D eigenvalue weighted by molar-refractivity contribution is 6.71. The molecule has 1 aromatic rings. The fourth-order valence-corrected chi connectivity index (χ4v) is 2.37. The SMILES string of the molecule is C[CH2][Al]([CH3])[c]1ccccc1. The van der Waals surface area contributed by atoms with Gasteiger partial charge in [-0.3, -0.25) is 0 Å². The van der Waals surface area contributed by atoms with E-state index in [4.69, 9.17) is 0 Å². The molecule has 1 aromatic carbocycles. The quantitative estimate of drug-likeness (QED) is 0.563. The molecule has 0 bridgehead atoms. The minimum absolute atomic E-state index is 0.540. The first-order valence-electron chi connectivity index (χ1n) is 3.89. The van der Waals surface area contributed by atoms with Crippen LogP contribution in [0.25, 0.3) is 0 Å². The Hall–Kier alpha value is -0.248. The first-order chi connectivity index (χ1) is 4.84. The molecule has 0 aliphatic heterocycles. The van der Waals surface area contributed by atoms with Crippen LogP contribution in [-0.2, 0) is 0 Å². The summed E-state index contributed by atoms with van der Waals surface area (Å²) in [6.45, 7) is 2.28. The molecule has 10 heavy (non-hydrogen) atoms. The van der Waals surface area contributed by atoms with Gasteiger partial charge in [0.25, 0.3) is 0 Å². The number of hydrogen-bond acceptors (Lipinski definition) is 0. The smallest absolute Gasteiger partial charge is 0.111 e. The maximum Gasteiger partial charge on any atom is 0.302 e. The summed E-state index contributed by atoms with van der Waals surface area (Å²) in [6.07, 6.45) is 0. The van der Waals surface area contributed by atoms with E-state index in [0.29, 0.717) is 0 Å². The average Bonchev–Trinajstić information content (AvgIpc) is 2.05. The van der Waals surface area contributed by atoms with Gasteiger partial charge in [-0.2, -0.15) is 0 Å². The summed E-state index contributed by atoms with van der Waals surface area (Å²) in [4.78, 5) is 0. The van der Waals surface area contributed by atoms with E-state index in [2.05, 4.69) is 43.0 Å². The van der Waals surface area contributed by atoms with Crippen LogP contribution in [0.3, 0.4) is 0 Å². The second-order valence-electron chi connectivity index (χ2n) is 2.72. The Morgan fingerprint density at radius 3 is 2.30 bits per heavy atom. The fourth-order valence-electron chi connectivity index (χ4n) is 1.02. The Balaban J connectivity index is 2.75. The lowest BCUT2D eigenvalue weighted by molar-refractivity contribution is 1.43. The van der Waals surface area contributed by atoms with E-state index < -0.39 is 14.1 Å². The third-order valence-electron chi connectivity index (χ3n) is 1.98. The van der Waals surface area contributed by atoms with Gasteiger partial charge in [-0.25, -0.2) is 0 Å². The lowest BCUT2D eigenvalue weighted by atomic mass is 10.4. The molecule has 0 saturated heterocycles. The third kappa shape index (κ3) is 1.87. The maximum atomic E-state index is 2.40. The molecule has 0 aromatic heterocycles. The molecule has 0 aliphatic carbocycles. The predicted molar refractivity (Wildman–Crippen MR) is 48.2 cm³/mol. The van der Waals surface area contributed by atoms with Crippen molar-refractivity contribution in [3.05, 3.63) is 30.3 Å². The number of benzene rings is 1. The zero-order valence-corrected chi connectivity index (χ0v) is 7.83. The van der Waals surface area contributed by atoms with E-state index in [1.54, 1.807) is 4.43 Å². The third-order valence-corrected chi connectivity index (χ3v) is 4.73. The van der Waals surface area contributed by atoms with Crippen molar-refractivity contribution >= 4 is 18.6 Å². The van der Waals surface area contributed by atoms with Gasteiger partial charge >= 0.3 is 14.1 Å². The lowest BCUT2D eigenvalue weighted by Crippen LogP contribution is -2.24. The Morgan fingerprint density at radius 2 is 1.80 bits per heavy atom. The molecule has 0 nitrogen and oxygen atoms in total. The summed E-state index contributed by atoms with van der Waals surface area (Å²) in [7, 11) is 0. The van der Waals surface area contributed by atoms with E-state index in [0.717, 1.165) is 0 Å². The minimum atomic E-state index is -0.540. The van der Waals surface area contributed by atoms with Gasteiger partial charge < -0.3 is 0 Å². The van der Waals surface area contributed by atoms with Gasteiger partial charge in [0, 0.05) is 0 Å². The fraction of sp³-hybridized carbons (Fsp3) is 0.333. The molecule has 1 heteroatoms. The van der Waals surface area contributed by atoms with Crippen molar-refractivity contribution < 1.29 is 0 Å². The summed E-state index contributed by atoms with van der Waals surface area (Å²) in [5, 5.41) is 1.37. The molecular formula is C9H13Al. The maximum absolute atomic E-state index is 2.40. The molecule has 0 spiro atoms. The highest BCUT2D eigenvalue weighted by Gasteiger charge is 2.07. The topological polar surface area (TPSA) is 0 Å². The second kappa shape index (κ2) is 3.81. The van der Waals surface area contributed by atoms with Crippen LogP contribution in [0, 0.1) is 0 Å². The molecule has 0 N–H and O–H groups in total. The lowest BCUT2D eigenvalue weighted by Gasteiger charge is -2.00. The molecule has 0 radical (unpaired) electrons. The second-order valence-corrected chi connectivity index (χ2v) is 6.01. The first-order valence-corrected chi connectivity index (χ1v) is 6.44. The van der Waals surface area contributed by atoms with Gasteiger partial charge in [0.05, 0.1) is 0 Å². The van der Waals surface area contributed by atoms with Crippen LogP contribution in [0.15, 0.2) is 30.3 Å². The van der Waals surface area contributed by atoms with Gasteiger partial charge in [0.15, 0.2) is 0 Å². The standard InChI is InChI=1S/C6H5.C2H5.CH3.Al/c1-2-4-6-5-3-1;1-2;;/h1-5H;1H2,2H3;1H3;. The van der Waals surface area contributed by atoms with Crippen LogP contribution in [0.2, 0.25) is 11.1 Å². The molecule has 0 aliphatic rings. The van der Waals surface area contributed by atoms with Gasteiger partial charge in [-0.1, -0.05) is 42.5 Å². The minimum Gasteiger partial charge on any atom is -0.111 e. The van der Waals surface area contributed by atoms with Crippen molar-refractivity contribution in [1.82, 2.24) is 0 Å². The van der Waals surface area contributed by atoms with Crippen LogP contribution in [0.5, 0.6) is 0 Å². The highest BCUT2D eigenvalue weighted by Crippen LogP contribution is 1.92. The van der Waals surface area contributed by atoms with E-state index in [1.165, 1.54) is 5.28 Å². The average molecular weight is 148 g/mol. The Bertz CT molecular complexity index is 181. The van der Waals surface area contributed by atoms with Crippen LogP contribution in [0.4, 0.5) is 0 Å². The largest absolute Gasteiger partial charge is 0.302 e. The first kappa shape index (κ1) is 7.86. The Kier molecular flexibility index (Phi) is 2.99. The predicted octanol–water partition coefficient (Wildman–Crippen LogP) is 2.04. The molecular weight excluding hydrogens is 135 g/mol. The summed E-state index contributed by atoms with van der Waals surface area (Å²) in [5.74, 6) is 2.40. The molecule has 1 rings (SSSR count). The molecule has 52 valence electrons. The van der Waals surface area contributed by atoms with E-state index in [-0.39, 0.29) is 0 Å². The monoisotopic (exact) mass is 148 g/mol. The summed E-state index contributed by atoms with van der Waals surface area (Å²) in [6, 6.07) is 10.9. The Labute approximate surface area is 67.3 Å². The normalized spacial score (nSPS) is 9.40. The van der Waals surface area contributed by atoms with Crippen molar-refractivity contribution in [2.75, 3.05) is 0 Å². The number of rotatable bonds is 2. The van der Waals surface area contributed by atoms with Gasteiger partial charge in [-0.05, 0) is 0 Å². The van der Waals surface area contributed by atoms with E-state index in [9.17, 15) is 0 Å². The van der Waals surface area contributed by atoms with Crippen LogP contribution in [-0.4, -0.2) is 14.1 Å². The van der Waals surface area contributed by atoms with Crippen molar-refractivity contribution in [2.24, 2.45) is 0 Å². The van der Waals surface area contributed by atoms with Crippen molar-refractivity contribution in [2.45, 2.75) is 18.0 Å². The van der Waals surface area contributed by atoms with Crippen LogP contribution < -0.4 is 4.43 Å². The zero-order chi connectivity index (χ0) is 7.40. The molecule has 0 saturated carbocycles. The number of hydrogen-bond donors (Lipinski definition) is 0. The summed E-state index contributed by atoms with van der Waals surface area (Å²) < 4.78 is 1.59. The summed E-state index contributed by atoms with van der Waals surface area (Å²) in [5.41, 5.74) is 0. The molecule has 0 fully saturated rings. The van der Waals surface area contributed by atoms with E-state index >= 15 is 0 Å². The molecule has 0 heterocycles. The van der Waals surface area contributed by atoms with E-state index in [1.807, 2.05) is 0 Å². The van der Waals surface area contributed by atoms with Gasteiger partial charge in [-0.15, -0.1) is 10.2 Å². The van der Waals surface area contributed by atoms with Crippen LogP contribution >= 0.6 is 0 Å². The van der Waals surface area contributed by atoms with Crippen LogP contribution in [0.1, 0.15) is 6.92 Å². The van der Waals surface area contributed by atoms with Crippen molar-refractivity contribution in [1.29, 1.82) is 0 Å². The van der Waals surface area contributed by atoms with Gasteiger partial charge in [0.2, 0.25) is 0 Å². The van der Waals surface area contributed by atoms with Crippen molar-refractivity contribution in [3.8, 4) is 0 Å². The molecule has 0 unspecified atom stereocenters. The summed E-state index contributed by atoms with van der Waals surface area (Å²) >= 11 is -0.540. The zero-order valence-electron chi connectivity index (χ0n) is 6.67. The van der Waals surface area contributed by atoms with Gasteiger partial charge in [0.1, 0.15) is 0 Å². The molecule has 0 amide bonds. The highest BCUT2D eigenvalue weighted by atomic mass is 27.2. The van der Waals surface area contributed by atoms with Crippen molar-refractivity contribution in [3.63, 3.8) is 0 Å².